The van der Waals surface area contributed by atoms with Crippen molar-refractivity contribution in [2.75, 3.05) is 6.54 Å². The molecule has 1 aliphatic rings. The zero-order valence-electron chi connectivity index (χ0n) is 11.8. The predicted molar refractivity (Wildman–Crippen MR) is 75.9 cm³/mol. The van der Waals surface area contributed by atoms with E-state index in [2.05, 4.69) is 4.98 Å². The number of amides is 1. The highest BCUT2D eigenvalue weighted by Crippen LogP contribution is 2.29. The van der Waals surface area contributed by atoms with E-state index in [0.29, 0.717) is 18.7 Å². The first-order chi connectivity index (χ1) is 10.0. The van der Waals surface area contributed by atoms with Crippen molar-refractivity contribution < 1.29 is 14.7 Å². The molecule has 0 radical (unpaired) electrons. The van der Waals surface area contributed by atoms with E-state index in [1.807, 2.05) is 28.8 Å². The highest BCUT2D eigenvalue weighted by Gasteiger charge is 2.45. The van der Waals surface area contributed by atoms with Crippen molar-refractivity contribution in [2.24, 2.45) is 0 Å². The first-order valence-corrected chi connectivity index (χ1v) is 6.97. The van der Waals surface area contributed by atoms with Crippen LogP contribution in [0.4, 0.5) is 0 Å². The standard InChI is InChI=1S/C15H17N3O3/c1-15(14(20)21)6-4-8-18(15)13(19)9-11-10-17-7-3-2-5-12(17)16-11/h2-3,5,7,10H,4,6,8-9H2,1H3,(H,20,21). The Hall–Kier alpha value is -2.37. The van der Waals surface area contributed by atoms with Gasteiger partial charge in [0.05, 0.1) is 12.1 Å². The van der Waals surface area contributed by atoms with Crippen molar-refractivity contribution in [1.29, 1.82) is 0 Å². The summed E-state index contributed by atoms with van der Waals surface area (Å²) in [4.78, 5) is 29.7. The van der Waals surface area contributed by atoms with Crippen molar-refractivity contribution in [3.8, 4) is 0 Å². The lowest BCUT2D eigenvalue weighted by Gasteiger charge is -2.31. The van der Waals surface area contributed by atoms with Gasteiger partial charge in [0.15, 0.2) is 0 Å². The Morgan fingerprint density at radius 1 is 1.43 bits per heavy atom. The van der Waals surface area contributed by atoms with Gasteiger partial charge in [-0.2, -0.15) is 0 Å². The van der Waals surface area contributed by atoms with E-state index in [1.165, 1.54) is 4.90 Å². The number of imidazole rings is 1. The van der Waals surface area contributed by atoms with Gasteiger partial charge in [-0.15, -0.1) is 0 Å². The van der Waals surface area contributed by atoms with Gasteiger partial charge in [-0.3, -0.25) is 4.79 Å². The van der Waals surface area contributed by atoms with E-state index in [9.17, 15) is 14.7 Å². The van der Waals surface area contributed by atoms with Gasteiger partial charge in [-0.25, -0.2) is 9.78 Å². The van der Waals surface area contributed by atoms with Crippen molar-refractivity contribution in [1.82, 2.24) is 14.3 Å². The lowest BCUT2D eigenvalue weighted by Crippen LogP contribution is -2.51. The van der Waals surface area contributed by atoms with E-state index in [-0.39, 0.29) is 12.3 Å². The summed E-state index contributed by atoms with van der Waals surface area (Å²) in [7, 11) is 0. The van der Waals surface area contributed by atoms with Gasteiger partial charge in [0, 0.05) is 18.9 Å². The van der Waals surface area contributed by atoms with E-state index >= 15 is 0 Å². The second-order valence-corrected chi connectivity index (χ2v) is 5.60. The number of likely N-dealkylation sites (tertiary alicyclic amines) is 1. The number of hydrogen-bond donors (Lipinski definition) is 1. The van der Waals surface area contributed by atoms with E-state index in [1.54, 1.807) is 13.1 Å². The average Bonchev–Trinajstić information content (AvgIpc) is 3.02. The van der Waals surface area contributed by atoms with Crippen LogP contribution in [0.15, 0.2) is 30.6 Å². The molecule has 1 fully saturated rings. The molecule has 110 valence electrons. The molecule has 21 heavy (non-hydrogen) atoms. The lowest BCUT2D eigenvalue weighted by atomic mass is 9.99. The van der Waals surface area contributed by atoms with Crippen LogP contribution < -0.4 is 0 Å². The third kappa shape index (κ3) is 2.26. The molecule has 1 amide bonds. The fourth-order valence-corrected chi connectivity index (χ4v) is 2.91. The van der Waals surface area contributed by atoms with Gasteiger partial charge in [0.2, 0.25) is 5.91 Å². The highest BCUT2D eigenvalue weighted by atomic mass is 16.4. The first-order valence-electron chi connectivity index (χ1n) is 6.97. The summed E-state index contributed by atoms with van der Waals surface area (Å²) in [6.07, 6.45) is 5.03. The minimum absolute atomic E-state index is 0.130. The van der Waals surface area contributed by atoms with Crippen molar-refractivity contribution in [3.05, 3.63) is 36.3 Å². The maximum atomic E-state index is 12.4. The zero-order valence-corrected chi connectivity index (χ0v) is 11.8. The van der Waals surface area contributed by atoms with Crippen LogP contribution in [-0.4, -0.2) is 43.4 Å². The van der Waals surface area contributed by atoms with Crippen molar-refractivity contribution in [3.63, 3.8) is 0 Å². The Morgan fingerprint density at radius 2 is 2.24 bits per heavy atom. The summed E-state index contributed by atoms with van der Waals surface area (Å²) in [6.45, 7) is 2.11. The number of carbonyl (C=O) groups is 2. The SMILES string of the molecule is CC1(C(=O)O)CCCN1C(=O)Cc1cn2ccccc2n1. The molecular weight excluding hydrogens is 270 g/mol. The van der Waals surface area contributed by atoms with Gasteiger partial charge in [-0.1, -0.05) is 6.07 Å². The molecule has 2 aromatic rings. The fourth-order valence-electron chi connectivity index (χ4n) is 2.91. The number of fused-ring (bicyclic) bond motifs is 1. The van der Waals surface area contributed by atoms with Crippen LogP contribution in [0.1, 0.15) is 25.5 Å². The minimum atomic E-state index is -1.09. The number of hydrogen-bond acceptors (Lipinski definition) is 3. The summed E-state index contributed by atoms with van der Waals surface area (Å²) in [5.41, 5.74) is 0.351. The third-order valence-corrected chi connectivity index (χ3v) is 4.15. The topological polar surface area (TPSA) is 74.9 Å². The molecule has 1 unspecified atom stereocenters. The lowest BCUT2D eigenvalue weighted by molar-refractivity contribution is -0.155. The minimum Gasteiger partial charge on any atom is -0.480 e. The number of carboxylic acid groups (broad SMARTS) is 1. The fraction of sp³-hybridized carbons (Fsp3) is 0.400. The molecule has 6 heteroatoms. The second kappa shape index (κ2) is 4.87. The summed E-state index contributed by atoms with van der Waals surface area (Å²) >= 11 is 0. The van der Waals surface area contributed by atoms with Gasteiger partial charge >= 0.3 is 5.97 Å². The number of pyridine rings is 1. The van der Waals surface area contributed by atoms with Crippen LogP contribution in [0.3, 0.4) is 0 Å². The van der Waals surface area contributed by atoms with Gasteiger partial charge in [0.25, 0.3) is 0 Å². The van der Waals surface area contributed by atoms with Gasteiger partial charge < -0.3 is 14.4 Å². The molecule has 1 N–H and O–H groups in total. The van der Waals surface area contributed by atoms with Crippen LogP contribution in [0.2, 0.25) is 0 Å². The number of rotatable bonds is 3. The molecule has 6 nitrogen and oxygen atoms in total. The number of carbonyl (C=O) groups excluding carboxylic acids is 1. The molecule has 1 saturated heterocycles. The molecule has 0 bridgehead atoms. The van der Waals surface area contributed by atoms with E-state index in [4.69, 9.17) is 0 Å². The third-order valence-electron chi connectivity index (χ3n) is 4.15. The van der Waals surface area contributed by atoms with Crippen LogP contribution in [-0.2, 0) is 16.0 Å². The van der Waals surface area contributed by atoms with Gasteiger partial charge in [0.1, 0.15) is 11.2 Å². The first kappa shape index (κ1) is 13.6. The smallest absolute Gasteiger partial charge is 0.329 e. The van der Waals surface area contributed by atoms with Gasteiger partial charge in [-0.05, 0) is 31.9 Å². The Morgan fingerprint density at radius 3 is 2.95 bits per heavy atom. The quantitative estimate of drug-likeness (QED) is 0.924. The summed E-state index contributed by atoms with van der Waals surface area (Å²) < 4.78 is 1.85. The Kier molecular flexibility index (Phi) is 3.16. The van der Waals surface area contributed by atoms with Crippen LogP contribution in [0, 0.1) is 0 Å². The maximum Gasteiger partial charge on any atom is 0.329 e. The monoisotopic (exact) mass is 287 g/mol. The molecule has 1 aliphatic heterocycles. The van der Waals surface area contributed by atoms with Crippen molar-refractivity contribution >= 4 is 17.5 Å². The number of carboxylic acids is 1. The molecule has 0 saturated carbocycles. The molecule has 3 heterocycles. The average molecular weight is 287 g/mol. The molecular formula is C15H17N3O3. The van der Waals surface area contributed by atoms with Crippen molar-refractivity contribution in [2.45, 2.75) is 31.7 Å². The molecule has 3 rings (SSSR count). The number of aliphatic carboxylic acids is 1. The number of nitrogens with zero attached hydrogens (tertiary/aromatic N) is 3. The molecule has 0 aromatic carbocycles. The van der Waals surface area contributed by atoms with E-state index < -0.39 is 11.5 Å². The Labute approximate surface area is 122 Å². The normalized spacial score (nSPS) is 21.9. The van der Waals surface area contributed by atoms with Crippen LogP contribution >= 0.6 is 0 Å². The molecule has 0 spiro atoms. The predicted octanol–water partition coefficient (Wildman–Crippen LogP) is 1.34. The summed E-state index contributed by atoms with van der Waals surface area (Å²) in [6, 6.07) is 5.64. The molecule has 0 aliphatic carbocycles. The maximum absolute atomic E-state index is 12.4. The summed E-state index contributed by atoms with van der Waals surface area (Å²) in [5.74, 6) is -1.12. The van der Waals surface area contributed by atoms with Crippen LogP contribution in [0.25, 0.3) is 5.65 Å². The zero-order chi connectivity index (χ0) is 15.0. The molecule has 1 atom stereocenters. The Balaban J connectivity index is 1.81. The molecule has 2 aromatic heterocycles. The van der Waals surface area contributed by atoms with E-state index in [0.717, 1.165) is 12.1 Å². The van der Waals surface area contributed by atoms with Crippen LogP contribution in [0.5, 0.6) is 0 Å². The summed E-state index contributed by atoms with van der Waals surface area (Å²) in [5, 5.41) is 9.36. The number of aromatic nitrogens is 2. The largest absolute Gasteiger partial charge is 0.480 e. The highest BCUT2D eigenvalue weighted by molar-refractivity contribution is 5.88. The second-order valence-electron chi connectivity index (χ2n) is 5.60. The Bertz CT molecular complexity index is 676.